The van der Waals surface area contributed by atoms with E-state index in [0.29, 0.717) is 132 Å². The molecule has 5 aliphatic heterocycles. The van der Waals surface area contributed by atoms with Crippen LogP contribution in [0.2, 0.25) is 0 Å². The Hall–Kier alpha value is -12.9. The summed E-state index contributed by atoms with van der Waals surface area (Å²) in [6, 6.07) is 49.7. The normalized spacial score (nSPS) is 16.8. The van der Waals surface area contributed by atoms with Gasteiger partial charge in [0.1, 0.15) is 54.7 Å². The third-order valence-corrected chi connectivity index (χ3v) is 21.2. The molecule has 11 aromatic rings. The van der Waals surface area contributed by atoms with Crippen molar-refractivity contribution in [1.29, 1.82) is 0 Å². The van der Waals surface area contributed by atoms with Gasteiger partial charge in [-0.2, -0.15) is 0 Å². The number of fused-ring (bicyclic) bond motifs is 6. The molecule has 25 heteroatoms. The number of nitrogens with one attached hydrogen (secondary N) is 1. The van der Waals surface area contributed by atoms with Crippen LogP contribution in [0.1, 0.15) is 123 Å². The van der Waals surface area contributed by atoms with E-state index in [0.717, 1.165) is 43.7 Å². The average Bonchev–Trinajstić information content (AvgIpc) is 1.43. The number of aromatic nitrogens is 5. The van der Waals surface area contributed by atoms with E-state index in [1.165, 1.54) is 69.3 Å². The van der Waals surface area contributed by atoms with Crippen LogP contribution >= 0.6 is 11.5 Å². The summed E-state index contributed by atoms with van der Waals surface area (Å²) < 4.78 is 45.4. The summed E-state index contributed by atoms with van der Waals surface area (Å²) in [6.07, 6.45) is 14.1. The smallest absolute Gasteiger partial charge is 0.329 e. The summed E-state index contributed by atoms with van der Waals surface area (Å²) in [7, 11) is 0. The molecule has 24 nitrogen and oxygen atoms in total. The molecule has 0 spiro atoms. The lowest BCUT2D eigenvalue weighted by molar-refractivity contribution is -0.149. The molecule has 1 amide bonds. The first-order chi connectivity index (χ1) is 55.5. The largest absolute Gasteiger partial charge is 0.464 e. The highest BCUT2D eigenvalue weighted by Crippen LogP contribution is 2.37. The maximum Gasteiger partial charge on any atom is 0.329 e. The van der Waals surface area contributed by atoms with Crippen molar-refractivity contribution < 1.29 is 65.9 Å². The number of ether oxygens (including phenoxy) is 5. The Balaban J connectivity index is 0.000000132. The summed E-state index contributed by atoms with van der Waals surface area (Å²) in [5.74, 6) is -0.984. The van der Waals surface area contributed by atoms with Crippen LogP contribution in [0, 0.1) is 0 Å². The Bertz CT molecular complexity index is 4690. The van der Waals surface area contributed by atoms with Gasteiger partial charge in [0.15, 0.2) is 0 Å². The molecular formula is C89H92N10O14S. The quantitative estimate of drug-likeness (QED) is 0.0582. The van der Waals surface area contributed by atoms with E-state index in [-0.39, 0.29) is 53.9 Å². The first-order valence-electron chi connectivity index (χ1n) is 38.0. The molecule has 5 aliphatic rings. The summed E-state index contributed by atoms with van der Waals surface area (Å²) in [4.78, 5) is 93.0. The number of aromatic amines is 1. The van der Waals surface area contributed by atoms with E-state index in [9.17, 15) is 28.8 Å². The Labute approximate surface area is 666 Å². The van der Waals surface area contributed by atoms with Crippen molar-refractivity contribution in [2.24, 2.45) is 0 Å². The molecule has 5 atom stereocenters. The predicted octanol–water partition coefficient (Wildman–Crippen LogP) is 14.3. The molecule has 16 rings (SSSR count). The maximum atomic E-state index is 13.3. The minimum atomic E-state index is -0.606. The number of rotatable bonds is 19. The number of hydrogen-bond acceptors (Lipinski definition) is 23. The van der Waals surface area contributed by atoms with Crippen molar-refractivity contribution >= 4 is 81.0 Å². The number of para-hydroxylation sites is 1. The van der Waals surface area contributed by atoms with Gasteiger partial charge in [-0.3, -0.25) is 4.79 Å². The van der Waals surface area contributed by atoms with Crippen molar-refractivity contribution in [2.75, 3.05) is 33.0 Å². The van der Waals surface area contributed by atoms with Crippen LogP contribution in [0.4, 0.5) is 0 Å². The molecular weight excluding hydrogens is 1470 g/mol. The highest BCUT2D eigenvalue weighted by atomic mass is 32.1. The first-order valence-corrected chi connectivity index (χ1v) is 38.8. The Morgan fingerprint density at radius 3 is 1.20 bits per heavy atom. The number of hydrogen-bond donors (Lipinski definition) is 1. The molecule has 0 aliphatic carbocycles. The van der Waals surface area contributed by atoms with E-state index >= 15 is 0 Å². The van der Waals surface area contributed by atoms with Gasteiger partial charge in [0, 0.05) is 106 Å². The topological polar surface area (TPSA) is 272 Å². The Morgan fingerprint density at radius 2 is 0.825 bits per heavy atom. The minimum absolute atomic E-state index is 0.157. The van der Waals surface area contributed by atoms with Crippen LogP contribution in [0.3, 0.4) is 0 Å². The zero-order valence-corrected chi connectivity index (χ0v) is 65.3. The maximum absolute atomic E-state index is 13.3. The minimum Gasteiger partial charge on any atom is -0.464 e. The molecule has 0 radical (unpaired) electrons. The van der Waals surface area contributed by atoms with Crippen LogP contribution < -0.4 is 0 Å². The zero-order chi connectivity index (χ0) is 80.2. The van der Waals surface area contributed by atoms with Gasteiger partial charge in [-0.25, -0.2) is 33.3 Å². The molecule has 588 valence electrons. The van der Waals surface area contributed by atoms with Crippen molar-refractivity contribution in [3.05, 3.63) is 311 Å². The number of carbonyl (C=O) groups excluding carboxylic acids is 6. The van der Waals surface area contributed by atoms with Gasteiger partial charge in [0.2, 0.25) is 5.89 Å². The average molecular weight is 1560 g/mol. The number of amides is 1. The van der Waals surface area contributed by atoms with E-state index in [2.05, 4.69) is 93.4 Å². The fourth-order valence-electron chi connectivity index (χ4n) is 14.6. The van der Waals surface area contributed by atoms with Gasteiger partial charge in [-0.15, -0.1) is 0 Å². The second kappa shape index (κ2) is 38.4. The van der Waals surface area contributed by atoms with E-state index in [1.807, 2.05) is 156 Å². The molecule has 114 heavy (non-hydrogen) atoms. The molecule has 0 saturated carbocycles. The molecule has 5 aromatic heterocycles. The van der Waals surface area contributed by atoms with Gasteiger partial charge < -0.3 is 66.6 Å². The fourth-order valence-corrected chi connectivity index (χ4v) is 15.2. The molecule has 1 N–H and O–H groups in total. The van der Waals surface area contributed by atoms with E-state index < -0.39 is 12.1 Å². The summed E-state index contributed by atoms with van der Waals surface area (Å²) in [5, 5.41) is 8.49. The molecule has 6 aromatic carbocycles. The fraction of sp³-hybridized carbons (Fsp3) is 0.281. The predicted molar refractivity (Wildman–Crippen MR) is 431 cm³/mol. The Morgan fingerprint density at radius 1 is 0.439 bits per heavy atom. The number of benzene rings is 6. The number of H-pyrrole nitrogens is 1. The van der Waals surface area contributed by atoms with Crippen LogP contribution in [0.5, 0.6) is 0 Å². The van der Waals surface area contributed by atoms with Gasteiger partial charge in [0.05, 0.1) is 72.8 Å². The number of esters is 5. The van der Waals surface area contributed by atoms with Crippen LogP contribution in [-0.4, -0.2) is 148 Å². The number of carbonyl (C=O) groups is 6. The monoisotopic (exact) mass is 1560 g/mol. The number of oxazole rings is 1. The molecule has 0 fully saturated rings. The molecule has 5 unspecified atom stereocenters. The highest BCUT2D eigenvalue weighted by molar-refractivity contribution is 7.06. The van der Waals surface area contributed by atoms with Crippen LogP contribution in [0.15, 0.2) is 241 Å². The first kappa shape index (κ1) is 80.6. The third kappa shape index (κ3) is 18.8. The number of nitrogens with zero attached hydrogens (tertiary/aromatic N) is 9. The van der Waals surface area contributed by atoms with Gasteiger partial charge in [-0.1, -0.05) is 176 Å². The van der Waals surface area contributed by atoms with Gasteiger partial charge in [-0.05, 0) is 114 Å². The third-order valence-electron chi connectivity index (χ3n) is 20.4. The lowest BCUT2D eigenvalue weighted by Crippen LogP contribution is -2.49. The summed E-state index contributed by atoms with van der Waals surface area (Å²) >= 11 is 1.39. The van der Waals surface area contributed by atoms with Crippen molar-refractivity contribution in [3.8, 4) is 0 Å². The zero-order valence-electron chi connectivity index (χ0n) is 64.5. The van der Waals surface area contributed by atoms with E-state index in [4.69, 9.17) is 37.1 Å². The molecule has 0 bridgehead atoms. The second-order valence-corrected chi connectivity index (χ2v) is 28.0. The lowest BCUT2D eigenvalue weighted by Gasteiger charge is -2.37. The lowest BCUT2D eigenvalue weighted by atomic mass is 9.93. The van der Waals surface area contributed by atoms with Gasteiger partial charge in [0.25, 0.3) is 5.91 Å². The molecule has 10 heterocycles. The van der Waals surface area contributed by atoms with Crippen molar-refractivity contribution in [3.63, 3.8) is 0 Å². The van der Waals surface area contributed by atoms with Crippen molar-refractivity contribution in [2.45, 2.75) is 130 Å². The van der Waals surface area contributed by atoms with Crippen LogP contribution in [0.25, 0.3) is 33.7 Å². The Kier molecular flexibility index (Phi) is 27.1. The summed E-state index contributed by atoms with van der Waals surface area (Å²) in [6.45, 7) is 30.1. The standard InChI is InChI=1S/C21H20N2O3.3C17H18N2O3.C17H18N2O2S/c1-2-26-21(25)19-11-14-7-3-4-8-15(14)13-23(19)20(24)17-12-22-18-10-6-5-9-16(17)18;1-3-21-17(20)16-8-13-6-4-5-7-14(13)10-19(16)12(2)15-9-18-22-11-15;1-3-21-17(20)15-10-13-6-4-5-7-14(13)11-19(15)12(2)16-18-8-9-22-16;1-3-21-17(20)16-10-13-6-4-5-7-14(13)11-19(16)12(2)15-8-9-22-18-15;1-3-21-17(20)15-10-13-6-4-5-7-14(13)11-19(15)12(2)16-8-9-18-22-16/h3-10,12,19,22H,2,11,13H2,1H3;4-7,9,11,16H,2-3,8,10H2,1H3;4-9,15H,2-3,10-11H2,1H3;4-9,16H,2-3,10-11H2,1H3;4-9,15H,2-3,10-11H2,1H3. The van der Waals surface area contributed by atoms with E-state index in [1.54, 1.807) is 42.7 Å². The van der Waals surface area contributed by atoms with Gasteiger partial charge >= 0.3 is 29.8 Å². The second-order valence-electron chi connectivity index (χ2n) is 27.2. The van der Waals surface area contributed by atoms with Crippen LogP contribution in [-0.2, 0) is 112 Å². The summed E-state index contributed by atoms with van der Waals surface area (Å²) in [5.41, 5.74) is 17.4. The van der Waals surface area contributed by atoms with Crippen molar-refractivity contribution in [1.82, 2.24) is 49.2 Å². The highest BCUT2D eigenvalue weighted by Gasteiger charge is 2.40. The molecule has 0 saturated heterocycles. The SMILES string of the molecule is C=C(c1ccns1)N1Cc2ccccc2CC1C(=O)OCC.C=C(c1ccon1)N1Cc2ccccc2CC1C(=O)OCC.C=C(c1cnoc1)N1Cc2ccccc2CC1C(=O)OCC.C=C(c1ncco1)N1Cc2ccccc2CC1C(=O)OCC.CCOC(=O)C1Cc2ccccc2CN1C(=O)c1c[nH]c2ccccc12.